The van der Waals surface area contributed by atoms with Gasteiger partial charge in [0.1, 0.15) is 0 Å². The fraction of sp³-hybridized carbons (Fsp3) is 0.357. The summed E-state index contributed by atoms with van der Waals surface area (Å²) >= 11 is 13.4. The Labute approximate surface area is 146 Å². The highest BCUT2D eigenvalue weighted by Gasteiger charge is 2.26. The lowest BCUT2D eigenvalue weighted by atomic mass is 10.1. The second kappa shape index (κ2) is 6.84. The van der Waals surface area contributed by atoms with Gasteiger partial charge in [-0.05, 0) is 38.5 Å². The number of nitrogens with two attached hydrogens (primary N) is 1. The number of hydrogen-bond donors (Lipinski definition) is 2. The molecule has 0 aliphatic rings. The van der Waals surface area contributed by atoms with Crippen LogP contribution in [0.1, 0.15) is 37.3 Å². The summed E-state index contributed by atoms with van der Waals surface area (Å²) in [6.45, 7) is 5.72. The standard InChI is InChI=1S/C14H17Cl2N3OS2/c1-14(2,3)22(20)19-12(11-7-18-13(17)21-11)8-4-5-9(15)10(16)6-8/h4-7,12,19H,1-3H3,(H2,17,18). The number of nitrogen functional groups attached to an aromatic ring is 1. The van der Waals surface area contributed by atoms with E-state index < -0.39 is 15.7 Å². The molecule has 0 aliphatic heterocycles. The van der Waals surface area contributed by atoms with E-state index in [1.54, 1.807) is 18.3 Å². The van der Waals surface area contributed by atoms with Crippen molar-refractivity contribution in [2.45, 2.75) is 31.6 Å². The van der Waals surface area contributed by atoms with E-state index in [-0.39, 0.29) is 6.04 Å². The molecule has 1 aromatic heterocycles. The van der Waals surface area contributed by atoms with Gasteiger partial charge in [-0.1, -0.05) is 29.3 Å². The van der Waals surface area contributed by atoms with Crippen LogP contribution >= 0.6 is 34.5 Å². The summed E-state index contributed by atoms with van der Waals surface area (Å²) in [6.07, 6.45) is 1.68. The first kappa shape index (κ1) is 17.7. The average molecular weight is 378 g/mol. The van der Waals surface area contributed by atoms with Crippen LogP contribution in [0.3, 0.4) is 0 Å². The van der Waals surface area contributed by atoms with Gasteiger partial charge >= 0.3 is 0 Å². The summed E-state index contributed by atoms with van der Waals surface area (Å²) in [5.74, 6) is 0. The Morgan fingerprint density at radius 1 is 1.32 bits per heavy atom. The Bertz CT molecular complexity index is 698. The van der Waals surface area contributed by atoms with E-state index in [2.05, 4.69) is 9.71 Å². The van der Waals surface area contributed by atoms with Crippen molar-refractivity contribution >= 4 is 50.7 Å². The molecular formula is C14H17Cl2N3OS2. The molecule has 120 valence electrons. The van der Waals surface area contributed by atoms with E-state index in [9.17, 15) is 4.21 Å². The van der Waals surface area contributed by atoms with E-state index in [4.69, 9.17) is 28.9 Å². The van der Waals surface area contributed by atoms with Crippen molar-refractivity contribution in [3.05, 3.63) is 44.9 Å². The molecule has 1 heterocycles. The van der Waals surface area contributed by atoms with Crippen LogP contribution in [0.5, 0.6) is 0 Å². The van der Waals surface area contributed by atoms with Crippen molar-refractivity contribution < 1.29 is 4.21 Å². The van der Waals surface area contributed by atoms with Crippen LogP contribution in [0.15, 0.2) is 24.4 Å². The van der Waals surface area contributed by atoms with Gasteiger partial charge in [0.2, 0.25) is 0 Å². The van der Waals surface area contributed by atoms with Gasteiger partial charge in [0.15, 0.2) is 5.13 Å². The number of halogens is 2. The third kappa shape index (κ3) is 4.20. The van der Waals surface area contributed by atoms with Gasteiger partial charge in [-0.15, -0.1) is 11.3 Å². The Morgan fingerprint density at radius 3 is 2.50 bits per heavy atom. The van der Waals surface area contributed by atoms with Crippen molar-refractivity contribution in [1.29, 1.82) is 0 Å². The van der Waals surface area contributed by atoms with E-state index in [1.807, 2.05) is 26.8 Å². The Kier molecular flexibility index (Phi) is 5.50. The molecule has 0 saturated carbocycles. The number of rotatable bonds is 4. The minimum absolute atomic E-state index is 0.315. The molecular weight excluding hydrogens is 361 g/mol. The zero-order chi connectivity index (χ0) is 16.5. The maximum absolute atomic E-state index is 12.5. The lowest BCUT2D eigenvalue weighted by molar-refractivity contribution is 0.625. The highest BCUT2D eigenvalue weighted by Crippen LogP contribution is 2.32. The molecule has 2 rings (SSSR count). The highest BCUT2D eigenvalue weighted by atomic mass is 35.5. The van der Waals surface area contributed by atoms with Crippen LogP contribution in [0.4, 0.5) is 5.13 Å². The topological polar surface area (TPSA) is 68.0 Å². The summed E-state index contributed by atoms with van der Waals surface area (Å²) in [5, 5.41) is 1.39. The van der Waals surface area contributed by atoms with Crippen LogP contribution in [-0.2, 0) is 11.0 Å². The molecule has 0 saturated heterocycles. The monoisotopic (exact) mass is 377 g/mol. The first-order chi connectivity index (χ1) is 10.2. The summed E-state index contributed by atoms with van der Waals surface area (Å²) in [6, 6.07) is 5.02. The summed E-state index contributed by atoms with van der Waals surface area (Å²) in [5.41, 5.74) is 6.58. The highest BCUT2D eigenvalue weighted by molar-refractivity contribution is 7.84. The van der Waals surface area contributed by atoms with Crippen LogP contribution in [0.2, 0.25) is 10.0 Å². The third-order valence-electron chi connectivity index (χ3n) is 2.88. The van der Waals surface area contributed by atoms with Gasteiger partial charge in [0.25, 0.3) is 0 Å². The number of nitrogens with one attached hydrogen (secondary N) is 1. The zero-order valence-electron chi connectivity index (χ0n) is 12.4. The first-order valence-corrected chi connectivity index (χ1v) is 9.25. The zero-order valence-corrected chi connectivity index (χ0v) is 15.5. The molecule has 0 fully saturated rings. The van der Waals surface area contributed by atoms with Gasteiger partial charge < -0.3 is 5.73 Å². The normalized spacial score (nSPS) is 14.8. The maximum Gasteiger partial charge on any atom is 0.180 e. The molecule has 0 spiro atoms. The predicted molar refractivity (Wildman–Crippen MR) is 95.9 cm³/mol. The van der Waals surface area contributed by atoms with Gasteiger partial charge in [0, 0.05) is 11.1 Å². The molecule has 0 amide bonds. The quantitative estimate of drug-likeness (QED) is 0.839. The SMILES string of the molecule is CC(C)(C)S(=O)NC(c1ccc(Cl)c(Cl)c1)c1cnc(N)s1. The molecule has 4 nitrogen and oxygen atoms in total. The minimum atomic E-state index is -1.26. The fourth-order valence-corrected chi connectivity index (χ4v) is 3.68. The molecule has 8 heteroatoms. The smallest absolute Gasteiger partial charge is 0.180 e. The Morgan fingerprint density at radius 2 is 2.00 bits per heavy atom. The van der Waals surface area contributed by atoms with Crippen molar-refractivity contribution in [1.82, 2.24) is 9.71 Å². The summed E-state index contributed by atoms with van der Waals surface area (Å²) < 4.78 is 15.2. The average Bonchev–Trinajstić information content (AvgIpc) is 2.84. The lowest BCUT2D eigenvalue weighted by Gasteiger charge is -2.24. The Hall–Kier alpha value is -0.660. The molecule has 2 unspecified atom stereocenters. The second-order valence-electron chi connectivity index (χ2n) is 5.71. The minimum Gasteiger partial charge on any atom is -0.375 e. The second-order valence-corrected chi connectivity index (χ2v) is 9.61. The van der Waals surface area contributed by atoms with Gasteiger partial charge in [0.05, 0.1) is 31.8 Å². The molecule has 3 N–H and O–H groups in total. The van der Waals surface area contributed by atoms with Crippen LogP contribution < -0.4 is 10.5 Å². The molecule has 2 aromatic rings. The van der Waals surface area contributed by atoms with Crippen LogP contribution in [-0.4, -0.2) is 13.9 Å². The van der Waals surface area contributed by atoms with Crippen LogP contribution in [0, 0.1) is 0 Å². The van der Waals surface area contributed by atoms with E-state index in [1.165, 1.54) is 11.3 Å². The van der Waals surface area contributed by atoms with Crippen molar-refractivity contribution in [3.63, 3.8) is 0 Å². The van der Waals surface area contributed by atoms with Gasteiger partial charge in [-0.2, -0.15) is 0 Å². The van der Waals surface area contributed by atoms with Crippen LogP contribution in [0.25, 0.3) is 0 Å². The fourth-order valence-electron chi connectivity index (χ4n) is 1.70. The van der Waals surface area contributed by atoms with Crippen molar-refractivity contribution in [3.8, 4) is 0 Å². The number of aromatic nitrogens is 1. The Balaban J connectivity index is 2.41. The van der Waals surface area contributed by atoms with Gasteiger partial charge in [-0.3, -0.25) is 0 Å². The van der Waals surface area contributed by atoms with E-state index in [0.29, 0.717) is 15.2 Å². The first-order valence-electron chi connectivity index (χ1n) is 6.52. The summed E-state index contributed by atoms with van der Waals surface area (Å²) in [7, 11) is -1.26. The number of anilines is 1. The molecule has 2 atom stereocenters. The number of hydrogen-bond acceptors (Lipinski definition) is 4. The largest absolute Gasteiger partial charge is 0.375 e. The number of thiazole rings is 1. The van der Waals surface area contributed by atoms with Crippen molar-refractivity contribution in [2.24, 2.45) is 0 Å². The van der Waals surface area contributed by atoms with Crippen molar-refractivity contribution in [2.75, 3.05) is 5.73 Å². The molecule has 0 bridgehead atoms. The van der Waals surface area contributed by atoms with E-state index >= 15 is 0 Å². The third-order valence-corrected chi connectivity index (χ3v) is 6.08. The lowest BCUT2D eigenvalue weighted by Crippen LogP contribution is -2.36. The molecule has 1 aromatic carbocycles. The molecule has 0 radical (unpaired) electrons. The molecule has 0 aliphatic carbocycles. The predicted octanol–water partition coefficient (Wildman–Crippen LogP) is 4.17. The maximum atomic E-state index is 12.5. The van der Waals surface area contributed by atoms with Gasteiger partial charge in [-0.25, -0.2) is 13.9 Å². The number of nitrogens with zero attached hydrogens (tertiary/aromatic N) is 1. The number of benzene rings is 1. The summed E-state index contributed by atoms with van der Waals surface area (Å²) in [4.78, 5) is 4.94. The molecule has 22 heavy (non-hydrogen) atoms. The van der Waals surface area contributed by atoms with E-state index in [0.717, 1.165) is 10.4 Å².